The quantitative estimate of drug-likeness (QED) is 0.593. The highest BCUT2D eigenvalue weighted by Crippen LogP contribution is 2.22. The third-order valence-electron chi connectivity index (χ3n) is 2.65. The van der Waals surface area contributed by atoms with Crippen LogP contribution in [0.1, 0.15) is 13.8 Å². The van der Waals surface area contributed by atoms with Crippen LogP contribution in [0.15, 0.2) is 84.6 Å². The molecule has 0 bridgehead atoms. The summed E-state index contributed by atoms with van der Waals surface area (Å²) in [4.78, 5) is 0. The van der Waals surface area contributed by atoms with Crippen LogP contribution in [-0.2, 0) is 0 Å². The van der Waals surface area contributed by atoms with Gasteiger partial charge in [-0.2, -0.15) is 0 Å². The Morgan fingerprint density at radius 3 is 2.53 bits per heavy atom. The molecular formula is C17H20. The molecule has 0 radical (unpaired) electrons. The van der Waals surface area contributed by atoms with Crippen molar-refractivity contribution in [3.05, 3.63) is 84.6 Å². The van der Waals surface area contributed by atoms with Crippen LogP contribution in [0.4, 0.5) is 0 Å². The highest BCUT2D eigenvalue weighted by atomic mass is 14.1. The van der Waals surface area contributed by atoms with Crippen molar-refractivity contribution in [2.45, 2.75) is 13.8 Å². The van der Waals surface area contributed by atoms with Gasteiger partial charge in [-0.05, 0) is 29.6 Å². The Kier molecular flexibility index (Phi) is 5.22. The minimum Gasteiger partial charge on any atom is -0.0918 e. The van der Waals surface area contributed by atoms with Crippen molar-refractivity contribution >= 4 is 0 Å². The van der Waals surface area contributed by atoms with Gasteiger partial charge in [-0.15, -0.1) is 0 Å². The molecule has 0 saturated heterocycles. The lowest BCUT2D eigenvalue weighted by atomic mass is 9.92. The number of rotatable bonds is 1. The molecule has 0 nitrogen and oxygen atoms in total. The van der Waals surface area contributed by atoms with Crippen molar-refractivity contribution in [1.82, 2.24) is 0 Å². The third kappa shape index (κ3) is 4.28. The molecular weight excluding hydrogens is 204 g/mol. The molecule has 0 N–H and O–H groups in total. The first-order valence-electron chi connectivity index (χ1n) is 5.89. The standard InChI is InChI=1S/C17H20/c1-5-6-11-17-15(3)10-8-7-9-14(2)12-13-16(17)4/h5-13,16H,2-3H2,1,4H3/b6-5-,9-7-,10-8-,13-12-,17-11-. The fourth-order valence-electron chi connectivity index (χ4n) is 1.63. The van der Waals surface area contributed by atoms with Crippen molar-refractivity contribution in [2.24, 2.45) is 5.92 Å². The summed E-state index contributed by atoms with van der Waals surface area (Å²) in [6.45, 7) is 12.3. The van der Waals surface area contributed by atoms with Gasteiger partial charge < -0.3 is 0 Å². The van der Waals surface area contributed by atoms with E-state index in [9.17, 15) is 0 Å². The van der Waals surface area contributed by atoms with E-state index >= 15 is 0 Å². The third-order valence-corrected chi connectivity index (χ3v) is 2.65. The highest BCUT2D eigenvalue weighted by molar-refractivity contribution is 5.45. The zero-order chi connectivity index (χ0) is 12.7. The molecule has 1 aliphatic rings. The van der Waals surface area contributed by atoms with Crippen molar-refractivity contribution < 1.29 is 0 Å². The summed E-state index contributed by atoms with van der Waals surface area (Å²) in [5.41, 5.74) is 3.30. The van der Waals surface area contributed by atoms with E-state index in [0.29, 0.717) is 5.92 Å². The fourth-order valence-corrected chi connectivity index (χ4v) is 1.63. The molecule has 0 fully saturated rings. The number of hydrogen-bond acceptors (Lipinski definition) is 0. The molecule has 1 unspecified atom stereocenters. The molecule has 88 valence electrons. The Balaban J connectivity index is 3.12. The predicted molar refractivity (Wildman–Crippen MR) is 77.8 cm³/mol. The van der Waals surface area contributed by atoms with Gasteiger partial charge in [0.2, 0.25) is 0 Å². The van der Waals surface area contributed by atoms with E-state index in [-0.39, 0.29) is 0 Å². The van der Waals surface area contributed by atoms with Crippen molar-refractivity contribution in [2.75, 3.05) is 0 Å². The van der Waals surface area contributed by atoms with Crippen molar-refractivity contribution in [3.63, 3.8) is 0 Å². The topological polar surface area (TPSA) is 0 Å². The molecule has 1 aliphatic carbocycles. The van der Waals surface area contributed by atoms with Crippen LogP contribution < -0.4 is 0 Å². The second kappa shape index (κ2) is 6.70. The molecule has 0 aromatic rings. The van der Waals surface area contributed by atoms with Gasteiger partial charge in [0.25, 0.3) is 0 Å². The van der Waals surface area contributed by atoms with Crippen LogP contribution in [0, 0.1) is 5.92 Å². The second-order valence-electron chi connectivity index (χ2n) is 4.11. The lowest BCUT2D eigenvalue weighted by molar-refractivity contribution is 0.879. The lowest BCUT2D eigenvalue weighted by Crippen LogP contribution is -1.98. The maximum absolute atomic E-state index is 4.11. The number of hydrogen-bond donors (Lipinski definition) is 0. The van der Waals surface area contributed by atoms with Gasteiger partial charge in [-0.25, -0.2) is 0 Å². The molecule has 17 heavy (non-hydrogen) atoms. The Bertz CT molecular complexity index is 437. The molecule has 0 heterocycles. The maximum atomic E-state index is 4.11. The lowest BCUT2D eigenvalue weighted by Gasteiger charge is -2.13. The minimum absolute atomic E-state index is 0.339. The van der Waals surface area contributed by atoms with E-state index in [2.05, 4.69) is 44.4 Å². The Labute approximate surface area is 105 Å². The average molecular weight is 224 g/mol. The molecule has 0 aromatic carbocycles. The van der Waals surface area contributed by atoms with E-state index < -0.39 is 0 Å². The molecule has 0 saturated carbocycles. The number of allylic oxidation sites excluding steroid dienone is 12. The van der Waals surface area contributed by atoms with Crippen molar-refractivity contribution in [1.29, 1.82) is 0 Å². The molecule has 0 aromatic heterocycles. The smallest absolute Gasteiger partial charge is 0.000140 e. The predicted octanol–water partition coefficient (Wildman–Crippen LogP) is 4.92. The summed E-state index contributed by atoms with van der Waals surface area (Å²) in [6.07, 6.45) is 18.4. The zero-order valence-corrected chi connectivity index (χ0v) is 10.7. The highest BCUT2D eigenvalue weighted by Gasteiger charge is 2.06. The molecule has 0 spiro atoms. The van der Waals surface area contributed by atoms with Gasteiger partial charge in [0.05, 0.1) is 0 Å². The molecule has 0 aliphatic heterocycles. The molecule has 1 atom stereocenters. The SMILES string of the molecule is C=C1/C=C\C=C/C(=C)/C(=C/C=C\C)C(C)/C=C\1. The van der Waals surface area contributed by atoms with Gasteiger partial charge in [0.15, 0.2) is 0 Å². The average Bonchev–Trinajstić information content (AvgIpc) is 2.31. The summed E-state index contributed by atoms with van der Waals surface area (Å²) in [5, 5.41) is 0. The van der Waals surface area contributed by atoms with Crippen LogP contribution in [0.25, 0.3) is 0 Å². The molecule has 1 rings (SSSR count). The monoisotopic (exact) mass is 224 g/mol. The van der Waals surface area contributed by atoms with Gasteiger partial charge in [0, 0.05) is 0 Å². The van der Waals surface area contributed by atoms with E-state index in [1.165, 1.54) is 5.57 Å². The summed E-state index contributed by atoms with van der Waals surface area (Å²) in [6, 6.07) is 0. The van der Waals surface area contributed by atoms with E-state index in [1.54, 1.807) is 0 Å². The Morgan fingerprint density at radius 1 is 1.12 bits per heavy atom. The summed E-state index contributed by atoms with van der Waals surface area (Å²) < 4.78 is 0. The zero-order valence-electron chi connectivity index (χ0n) is 10.7. The fraction of sp³-hybridized carbons (Fsp3) is 0.176. The van der Waals surface area contributed by atoms with E-state index in [0.717, 1.165) is 11.1 Å². The first-order valence-corrected chi connectivity index (χ1v) is 5.89. The first kappa shape index (κ1) is 13.2. The summed E-state index contributed by atoms with van der Waals surface area (Å²) in [7, 11) is 0. The molecule has 0 heteroatoms. The summed E-state index contributed by atoms with van der Waals surface area (Å²) >= 11 is 0. The van der Waals surface area contributed by atoms with Gasteiger partial charge in [-0.1, -0.05) is 74.8 Å². The van der Waals surface area contributed by atoms with Crippen LogP contribution in [0.2, 0.25) is 0 Å². The second-order valence-corrected chi connectivity index (χ2v) is 4.11. The Morgan fingerprint density at radius 2 is 1.82 bits per heavy atom. The normalized spacial score (nSPS) is 29.5. The molecule has 0 amide bonds. The van der Waals surface area contributed by atoms with Crippen LogP contribution in [0.3, 0.4) is 0 Å². The maximum Gasteiger partial charge on any atom is -0.000140 e. The van der Waals surface area contributed by atoms with Gasteiger partial charge in [0.1, 0.15) is 0 Å². The van der Waals surface area contributed by atoms with Crippen LogP contribution >= 0.6 is 0 Å². The minimum atomic E-state index is 0.339. The van der Waals surface area contributed by atoms with Gasteiger partial charge >= 0.3 is 0 Å². The Hall–Kier alpha value is -1.82. The van der Waals surface area contributed by atoms with Gasteiger partial charge in [-0.3, -0.25) is 0 Å². The van der Waals surface area contributed by atoms with Crippen LogP contribution in [-0.4, -0.2) is 0 Å². The van der Waals surface area contributed by atoms with Crippen LogP contribution in [0.5, 0.6) is 0 Å². The van der Waals surface area contributed by atoms with E-state index in [4.69, 9.17) is 0 Å². The van der Waals surface area contributed by atoms with Crippen molar-refractivity contribution in [3.8, 4) is 0 Å². The first-order chi connectivity index (χ1) is 8.15. The largest absolute Gasteiger partial charge is 0.0918 e. The summed E-state index contributed by atoms with van der Waals surface area (Å²) in [5.74, 6) is 0.339. The van der Waals surface area contributed by atoms with E-state index in [1.807, 2.05) is 37.3 Å².